The van der Waals surface area contributed by atoms with Crippen LogP contribution in [0.25, 0.3) is 22.3 Å². The van der Waals surface area contributed by atoms with Gasteiger partial charge in [-0.25, -0.2) is 19.1 Å². The highest BCUT2D eigenvalue weighted by molar-refractivity contribution is 7.47. The van der Waals surface area contributed by atoms with Gasteiger partial charge in [-0.2, -0.15) is 9.97 Å². The molecule has 46 heavy (non-hydrogen) atoms. The summed E-state index contributed by atoms with van der Waals surface area (Å²) >= 11 is 0. The van der Waals surface area contributed by atoms with Gasteiger partial charge in [0.05, 0.1) is 25.9 Å². The van der Waals surface area contributed by atoms with E-state index in [0.717, 1.165) is 10.9 Å². The first-order valence-corrected chi connectivity index (χ1v) is 16.5. The molecule has 9 N–H and O–H groups in total. The Hall–Kier alpha value is -3.60. The summed E-state index contributed by atoms with van der Waals surface area (Å²) in [5.41, 5.74) is 9.78. The summed E-state index contributed by atoms with van der Waals surface area (Å²) in [4.78, 5) is 66.5. The van der Waals surface area contributed by atoms with Crippen LogP contribution in [0.2, 0.25) is 0 Å². The molecule has 4 aromatic rings. The van der Waals surface area contributed by atoms with E-state index in [1.165, 1.54) is 10.9 Å². The van der Waals surface area contributed by atoms with Crippen LogP contribution in [0.5, 0.6) is 0 Å². The number of hydrogen-bond acceptors (Lipinski definition) is 17. The maximum Gasteiger partial charge on any atom is 0.472 e. The molecule has 10 atom stereocenters. The zero-order valence-electron chi connectivity index (χ0n) is 23.3. The Kier molecular flexibility index (Phi) is 7.41. The van der Waals surface area contributed by atoms with E-state index in [-0.39, 0.29) is 34.2 Å². The molecule has 3 aliphatic rings. The maximum atomic E-state index is 13.2. The summed E-state index contributed by atoms with van der Waals surface area (Å²) in [5.74, 6) is -1.25. The zero-order valence-corrected chi connectivity index (χ0v) is 25.1. The summed E-state index contributed by atoms with van der Waals surface area (Å²) in [5, 5.41) is 11.1. The van der Waals surface area contributed by atoms with Crippen molar-refractivity contribution >= 4 is 49.9 Å². The molecule has 3 fully saturated rings. The van der Waals surface area contributed by atoms with Crippen molar-refractivity contribution in [1.82, 2.24) is 39.0 Å². The lowest BCUT2D eigenvalue weighted by molar-refractivity contribution is -0.0663. The van der Waals surface area contributed by atoms with Crippen LogP contribution in [0.1, 0.15) is 19.4 Å². The van der Waals surface area contributed by atoms with Gasteiger partial charge in [0, 0.05) is 5.92 Å². The lowest BCUT2D eigenvalue weighted by atomic mass is 10.0. The molecule has 0 aliphatic carbocycles. The molecule has 4 aromatic heterocycles. The van der Waals surface area contributed by atoms with Crippen LogP contribution in [0.3, 0.4) is 0 Å². The predicted octanol–water partition coefficient (Wildman–Crippen LogP) is -1.77. The van der Waals surface area contributed by atoms with Crippen molar-refractivity contribution in [3.05, 3.63) is 33.4 Å². The fourth-order valence-electron chi connectivity index (χ4n) is 5.67. The Morgan fingerprint density at radius 2 is 1.28 bits per heavy atom. The molecule has 0 amide bonds. The van der Waals surface area contributed by atoms with Gasteiger partial charge in [-0.15, -0.1) is 0 Å². The Bertz CT molecular complexity index is 1900. The number of aliphatic hydroxyl groups is 1. The molecule has 3 saturated heterocycles. The van der Waals surface area contributed by atoms with E-state index >= 15 is 0 Å². The van der Waals surface area contributed by atoms with Crippen LogP contribution in [0.4, 0.5) is 11.9 Å². The van der Waals surface area contributed by atoms with E-state index in [2.05, 4.69) is 29.9 Å². The number of nitrogen functional groups attached to an aromatic ring is 2. The van der Waals surface area contributed by atoms with Gasteiger partial charge < -0.3 is 35.8 Å². The Morgan fingerprint density at radius 3 is 1.83 bits per heavy atom. The van der Waals surface area contributed by atoms with Crippen LogP contribution in [-0.2, 0) is 36.7 Å². The van der Waals surface area contributed by atoms with Gasteiger partial charge in [0.15, 0.2) is 28.6 Å². The first-order valence-electron chi connectivity index (χ1n) is 13.5. The molecule has 7 heterocycles. The highest BCUT2D eigenvalue weighted by Crippen LogP contribution is 2.54. The Balaban J connectivity index is 1.18. The number of nitrogens with two attached hydrogens (primary N) is 2. The zero-order chi connectivity index (χ0) is 32.7. The summed E-state index contributed by atoms with van der Waals surface area (Å²) in [6.45, 7) is 0.0813. The van der Waals surface area contributed by atoms with Crippen molar-refractivity contribution in [2.45, 2.75) is 49.9 Å². The first kappa shape index (κ1) is 31.0. The molecular weight excluding hydrogens is 662 g/mol. The van der Waals surface area contributed by atoms with Crippen molar-refractivity contribution in [3.8, 4) is 0 Å². The largest absolute Gasteiger partial charge is 0.472 e. The van der Waals surface area contributed by atoms with E-state index in [9.17, 15) is 33.6 Å². The lowest BCUT2D eigenvalue weighted by Crippen LogP contribution is -2.37. The molecule has 4 unspecified atom stereocenters. The molecule has 0 saturated carbocycles. The molecule has 23 nitrogen and oxygen atoms in total. The van der Waals surface area contributed by atoms with Gasteiger partial charge in [0.25, 0.3) is 11.1 Å². The van der Waals surface area contributed by atoms with Crippen molar-refractivity contribution in [2.75, 3.05) is 24.7 Å². The molecule has 0 aromatic carbocycles. The predicted molar refractivity (Wildman–Crippen MR) is 149 cm³/mol. The number of hydrogen-bond donors (Lipinski definition) is 7. The van der Waals surface area contributed by atoms with Crippen molar-refractivity contribution in [1.29, 1.82) is 0 Å². The highest BCUT2D eigenvalue weighted by Gasteiger charge is 2.53. The van der Waals surface area contributed by atoms with Gasteiger partial charge in [-0.1, -0.05) is 6.92 Å². The quantitative estimate of drug-likeness (QED) is 0.115. The van der Waals surface area contributed by atoms with Crippen LogP contribution in [0.15, 0.2) is 22.2 Å². The number of aromatic nitrogens is 8. The van der Waals surface area contributed by atoms with Gasteiger partial charge in [0.1, 0.15) is 36.7 Å². The fourth-order valence-corrected chi connectivity index (χ4v) is 7.67. The number of phosphoric acid groups is 2. The monoisotopic (exact) mass is 688 g/mol. The van der Waals surface area contributed by atoms with Crippen molar-refractivity contribution in [2.24, 2.45) is 5.92 Å². The second-order valence-corrected chi connectivity index (χ2v) is 13.5. The van der Waals surface area contributed by atoms with Crippen LogP contribution < -0.4 is 22.6 Å². The Morgan fingerprint density at radius 1 is 0.826 bits per heavy atom. The van der Waals surface area contributed by atoms with E-state index in [4.69, 9.17) is 39.0 Å². The molecule has 7 rings (SSSR count). The minimum absolute atomic E-state index is 0.0395. The third kappa shape index (κ3) is 5.34. The van der Waals surface area contributed by atoms with Gasteiger partial charge in [0.2, 0.25) is 11.9 Å². The highest BCUT2D eigenvalue weighted by atomic mass is 31.2. The van der Waals surface area contributed by atoms with E-state index in [0.29, 0.717) is 0 Å². The first-order chi connectivity index (χ1) is 21.7. The average molecular weight is 688 g/mol. The lowest BCUT2D eigenvalue weighted by Gasteiger charge is -2.28. The molecule has 248 valence electrons. The number of anilines is 2. The molecule has 0 spiro atoms. The van der Waals surface area contributed by atoms with Crippen molar-refractivity contribution in [3.63, 3.8) is 0 Å². The number of rotatable bonds is 2. The number of ether oxygens (including phenoxy) is 2. The number of nitrogens with zero attached hydrogens (tertiary/aromatic N) is 6. The third-order valence-corrected chi connectivity index (χ3v) is 9.69. The minimum atomic E-state index is -5.02. The molecule has 25 heteroatoms. The molecule has 0 radical (unpaired) electrons. The summed E-state index contributed by atoms with van der Waals surface area (Å²) in [6.07, 6.45) is -7.58. The number of phosphoric ester groups is 2. The summed E-state index contributed by atoms with van der Waals surface area (Å²) < 4.78 is 61.8. The van der Waals surface area contributed by atoms with Crippen LogP contribution in [-0.4, -0.2) is 97.7 Å². The number of nitrogens with one attached hydrogen (secondary N) is 2. The topological polar surface area (TPSA) is 329 Å². The van der Waals surface area contributed by atoms with Crippen molar-refractivity contribution < 1.29 is 51.6 Å². The molecule has 3 aliphatic heterocycles. The maximum absolute atomic E-state index is 13.2. The number of fused-ring (bicyclic) bond motifs is 4. The minimum Gasteiger partial charge on any atom is -0.386 e. The average Bonchev–Trinajstić information content (AvgIpc) is 3.72. The number of aromatic amines is 2. The van der Waals surface area contributed by atoms with E-state index in [1.54, 1.807) is 6.92 Å². The smallest absolute Gasteiger partial charge is 0.386 e. The van der Waals surface area contributed by atoms with E-state index in [1.807, 2.05) is 0 Å². The SMILES string of the molecule is CC1[C@H]2OP(=O)(O)OC[C@H]3O[C@@H](n4cnc5c(=O)[nH]c(N)nc54)C(O)[C@H]3OP(=O)(O)OC[C@H]2O[C@H]1n1cnc2c(=O)[nH]c(N)nc21. The standard InChI is InChI=1S/C21H26N10O13P2/c1-6-12-7(41-18(6)30-4-24-9-14(30)26-20(22)28-16(9)33)2-39-46(37,38)44-13-8(3-40-45(35,36)43-12)42-19(11(13)32)31-5-25-10-15(31)27-21(23)29-17(10)34/h4-8,11-13,18-19,32H,2-3H2,1H3,(H,35,36)(H,37,38)(H3,22,26,28,33)(H3,23,27,29,34)/t6?,7-,8-,11?,12-,13+,18-,19-/m1/s1. The number of H-pyrrole nitrogens is 2. The number of aliphatic hydroxyl groups excluding tert-OH is 1. The van der Waals surface area contributed by atoms with Gasteiger partial charge in [-0.3, -0.25) is 46.8 Å². The number of imidazole rings is 2. The molecular formula is C21H26N10O13P2. The van der Waals surface area contributed by atoms with Crippen LogP contribution >= 0.6 is 15.6 Å². The van der Waals surface area contributed by atoms with Crippen LogP contribution in [0, 0.1) is 5.92 Å². The third-order valence-electron chi connectivity index (χ3n) is 7.72. The normalized spacial score (nSPS) is 37.1. The summed E-state index contributed by atoms with van der Waals surface area (Å²) in [7, 11) is -9.96. The summed E-state index contributed by atoms with van der Waals surface area (Å²) in [6, 6.07) is 0. The second-order valence-electron chi connectivity index (χ2n) is 10.7. The second kappa shape index (κ2) is 11.0. The molecule has 0 bridgehead atoms. The van der Waals surface area contributed by atoms with E-state index < -0.39 is 88.9 Å². The Labute approximate surface area is 254 Å². The fraction of sp³-hybridized carbons (Fsp3) is 0.524. The van der Waals surface area contributed by atoms with Gasteiger partial charge >= 0.3 is 15.6 Å². The van der Waals surface area contributed by atoms with Gasteiger partial charge in [-0.05, 0) is 0 Å².